The number of para-hydroxylation sites is 1. The van der Waals surface area contributed by atoms with Crippen molar-refractivity contribution in [2.45, 2.75) is 49.1 Å². The molecule has 2 fully saturated rings. The first-order valence-electron chi connectivity index (χ1n) is 21.8. The summed E-state index contributed by atoms with van der Waals surface area (Å²) in [5.74, 6) is -4.16. The van der Waals surface area contributed by atoms with Crippen molar-refractivity contribution >= 4 is 73.7 Å². The molecule has 0 bridgehead atoms. The van der Waals surface area contributed by atoms with E-state index in [1.54, 1.807) is 18.3 Å². The Hall–Kier alpha value is -7.42. The second-order valence-electron chi connectivity index (χ2n) is 16.1. The number of carbonyl (C=O) groups excluding carboxylic acids is 7. The molecule has 6 N–H and O–H groups in total. The number of nitrogens with one attached hydrogen (secondary N) is 6. The van der Waals surface area contributed by atoms with E-state index in [0.717, 1.165) is 40.1 Å². The van der Waals surface area contributed by atoms with Crippen LogP contribution in [0.4, 0.5) is 11.4 Å². The van der Waals surface area contributed by atoms with Gasteiger partial charge < -0.3 is 35.3 Å². The zero-order valence-corrected chi connectivity index (χ0v) is 37.0. The minimum absolute atomic E-state index is 0.000775. The number of unbranched alkanes of at least 4 members (excludes halogenated alkanes) is 1. The van der Waals surface area contributed by atoms with Crippen LogP contribution in [0.15, 0.2) is 102 Å². The van der Waals surface area contributed by atoms with Crippen molar-refractivity contribution < 1.29 is 51.5 Å². The largest absolute Gasteiger partial charge is 0.483 e. The molecule has 3 aliphatic rings. The van der Waals surface area contributed by atoms with Gasteiger partial charge >= 0.3 is 0 Å². The number of hydrogen-bond acceptors (Lipinski definition) is 12. The van der Waals surface area contributed by atoms with Crippen LogP contribution in [0.5, 0.6) is 5.75 Å². The fourth-order valence-corrected chi connectivity index (χ4v) is 9.33. The van der Waals surface area contributed by atoms with E-state index in [1.807, 2.05) is 36.4 Å². The van der Waals surface area contributed by atoms with Gasteiger partial charge in [-0.15, -0.1) is 0 Å². The highest BCUT2D eigenvalue weighted by Gasteiger charge is 2.46. The summed E-state index contributed by atoms with van der Waals surface area (Å²) in [6, 6.07) is 22.2. The van der Waals surface area contributed by atoms with Crippen LogP contribution in [0, 0.1) is 0 Å². The molecule has 7 amide bonds. The number of aromatic nitrogens is 1. The number of nitrogens with zero attached hydrogens (tertiary/aromatic N) is 2. The molecule has 4 aromatic carbocycles. The van der Waals surface area contributed by atoms with E-state index in [1.165, 1.54) is 42.5 Å². The van der Waals surface area contributed by atoms with Crippen LogP contribution >= 0.6 is 0 Å². The fourth-order valence-electron chi connectivity index (χ4n) is 8.14. The SMILES string of the molecule is O=C(COc1cccc2c1C(=O)N(C1CCC(=O)NC1=O)C2=O)NCCCCNC(=O)c1ccc(S(=O)(=O)NC(Cc2c[nH]c3ccccc23)C(=O)Nc2ccc(N3CCOCC3)cc2)cc1. The highest BCUT2D eigenvalue weighted by Crippen LogP contribution is 2.34. The van der Waals surface area contributed by atoms with Crippen molar-refractivity contribution in [1.29, 1.82) is 0 Å². The third kappa shape index (κ3) is 10.7. The van der Waals surface area contributed by atoms with Crippen LogP contribution in [0.25, 0.3) is 10.9 Å². The molecule has 20 heteroatoms. The number of fused-ring (bicyclic) bond motifs is 2. The molecular formula is C47H48N8O11S. The maximum atomic E-state index is 13.8. The number of carbonyl (C=O) groups is 7. The van der Waals surface area contributed by atoms with E-state index in [4.69, 9.17) is 9.47 Å². The first kappa shape index (κ1) is 46.1. The molecule has 0 spiro atoms. The number of rotatable bonds is 18. The molecule has 0 radical (unpaired) electrons. The van der Waals surface area contributed by atoms with Crippen LogP contribution in [0.3, 0.4) is 0 Å². The van der Waals surface area contributed by atoms with E-state index in [0.29, 0.717) is 31.7 Å². The Labute approximate surface area is 385 Å². The summed E-state index contributed by atoms with van der Waals surface area (Å²) in [4.78, 5) is 95.7. The summed E-state index contributed by atoms with van der Waals surface area (Å²) < 4.78 is 41.2. The number of piperidine rings is 1. The highest BCUT2D eigenvalue weighted by molar-refractivity contribution is 7.89. The van der Waals surface area contributed by atoms with Crippen LogP contribution in [0.2, 0.25) is 0 Å². The molecule has 0 aliphatic carbocycles. The van der Waals surface area contributed by atoms with Crippen molar-refractivity contribution in [1.82, 2.24) is 30.6 Å². The van der Waals surface area contributed by atoms with Gasteiger partial charge in [-0.2, -0.15) is 4.72 Å². The summed E-state index contributed by atoms with van der Waals surface area (Å²) in [7, 11) is -4.26. The number of aromatic amines is 1. The minimum Gasteiger partial charge on any atom is -0.483 e. The van der Waals surface area contributed by atoms with Crippen molar-refractivity contribution in [2.75, 3.05) is 56.2 Å². The molecule has 2 saturated heterocycles. The van der Waals surface area contributed by atoms with Crippen LogP contribution in [0.1, 0.15) is 62.3 Å². The minimum atomic E-state index is -4.26. The highest BCUT2D eigenvalue weighted by atomic mass is 32.2. The lowest BCUT2D eigenvalue weighted by atomic mass is 10.0. The molecule has 2 unspecified atom stereocenters. The Morgan fingerprint density at radius 2 is 1.57 bits per heavy atom. The van der Waals surface area contributed by atoms with E-state index < -0.39 is 70.1 Å². The monoisotopic (exact) mass is 932 g/mol. The fraction of sp³-hybridized carbons (Fsp3) is 0.298. The average molecular weight is 933 g/mol. The van der Waals surface area contributed by atoms with E-state index in [2.05, 4.69) is 35.9 Å². The average Bonchev–Trinajstić information content (AvgIpc) is 3.86. The molecule has 8 rings (SSSR count). The second kappa shape index (κ2) is 20.4. The summed E-state index contributed by atoms with van der Waals surface area (Å²) >= 11 is 0. The van der Waals surface area contributed by atoms with Crippen LogP contribution in [-0.2, 0) is 40.4 Å². The smallest absolute Gasteiger partial charge is 0.266 e. The van der Waals surface area contributed by atoms with Gasteiger partial charge in [0.25, 0.3) is 23.6 Å². The zero-order chi connectivity index (χ0) is 47.1. The van der Waals surface area contributed by atoms with Gasteiger partial charge in [-0.05, 0) is 98.0 Å². The van der Waals surface area contributed by atoms with Crippen LogP contribution < -0.4 is 35.6 Å². The number of sulfonamides is 1. The standard InChI is InChI=1S/C47H48N8O11S/c56-40-19-18-38(45(60)52-40)55-46(61)35-7-5-9-39(42(35)47(55)62)66-28-41(57)48-20-3-4-21-49-43(58)29-10-16-33(17-11-29)67(63,64)53-37(26-30-27-50-36-8-2-1-6-34(30)36)44(59)51-31-12-14-32(15-13-31)54-22-24-65-25-23-54/h1-2,5-17,27,37-38,50,53H,3-4,18-26,28H2,(H,48,57)(H,49,58)(H,51,59)(H,52,56,60). The third-order valence-corrected chi connectivity index (χ3v) is 13.1. The number of amides is 7. The number of benzene rings is 4. The quantitative estimate of drug-likeness (QED) is 0.0548. The van der Waals surface area contributed by atoms with E-state index in [-0.39, 0.29) is 59.7 Å². The summed E-state index contributed by atoms with van der Waals surface area (Å²) in [5.41, 5.74) is 3.25. The normalized spacial score (nSPS) is 16.6. The number of H-pyrrole nitrogens is 1. The van der Waals surface area contributed by atoms with Crippen molar-refractivity contribution in [3.63, 3.8) is 0 Å². The van der Waals surface area contributed by atoms with Gasteiger partial charge in [0, 0.05) is 66.6 Å². The van der Waals surface area contributed by atoms with Gasteiger partial charge in [0.1, 0.15) is 17.8 Å². The maximum Gasteiger partial charge on any atom is 0.266 e. The Balaban J connectivity index is 0.800. The Morgan fingerprint density at radius 3 is 2.31 bits per heavy atom. The number of imide groups is 2. The Morgan fingerprint density at radius 1 is 0.836 bits per heavy atom. The lowest BCUT2D eigenvalue weighted by Crippen LogP contribution is -2.54. The maximum absolute atomic E-state index is 13.8. The lowest BCUT2D eigenvalue weighted by molar-refractivity contribution is -0.136. The molecule has 1 aromatic heterocycles. The molecule has 0 saturated carbocycles. The third-order valence-electron chi connectivity index (χ3n) is 11.7. The molecule has 67 heavy (non-hydrogen) atoms. The second-order valence-corrected chi connectivity index (χ2v) is 17.8. The number of anilines is 2. The van der Waals surface area contributed by atoms with E-state index >= 15 is 0 Å². The predicted molar refractivity (Wildman–Crippen MR) is 244 cm³/mol. The van der Waals surface area contributed by atoms with Gasteiger partial charge in [0.15, 0.2) is 6.61 Å². The molecule has 348 valence electrons. The molecular weight excluding hydrogens is 885 g/mol. The summed E-state index contributed by atoms with van der Waals surface area (Å²) in [6.45, 7) is 2.81. The molecule has 3 aliphatic heterocycles. The Bertz CT molecular complexity index is 2830. The molecule has 2 atom stereocenters. The predicted octanol–water partition coefficient (Wildman–Crippen LogP) is 2.64. The van der Waals surface area contributed by atoms with Gasteiger partial charge in [-0.1, -0.05) is 24.3 Å². The van der Waals surface area contributed by atoms with Crippen molar-refractivity contribution in [2.24, 2.45) is 0 Å². The number of hydrogen-bond donors (Lipinski definition) is 6. The topological polar surface area (TPSA) is 255 Å². The lowest BCUT2D eigenvalue weighted by Gasteiger charge is -2.29. The zero-order valence-electron chi connectivity index (χ0n) is 36.2. The number of morpholine rings is 1. The first-order chi connectivity index (χ1) is 32.4. The van der Waals surface area contributed by atoms with Gasteiger partial charge in [-0.3, -0.25) is 43.8 Å². The first-order valence-corrected chi connectivity index (χ1v) is 23.3. The van der Waals surface area contributed by atoms with Crippen molar-refractivity contribution in [3.05, 3.63) is 119 Å². The van der Waals surface area contributed by atoms with Gasteiger partial charge in [0.2, 0.25) is 27.7 Å². The van der Waals surface area contributed by atoms with Gasteiger partial charge in [-0.25, -0.2) is 8.42 Å². The molecule has 5 aromatic rings. The van der Waals surface area contributed by atoms with Crippen molar-refractivity contribution in [3.8, 4) is 5.75 Å². The van der Waals surface area contributed by atoms with Gasteiger partial charge in [0.05, 0.1) is 29.2 Å². The van der Waals surface area contributed by atoms with E-state index in [9.17, 15) is 42.0 Å². The van der Waals surface area contributed by atoms with Crippen LogP contribution in [-0.4, -0.2) is 118 Å². The summed E-state index contributed by atoms with van der Waals surface area (Å²) in [5, 5.41) is 11.3. The molecule has 19 nitrogen and oxygen atoms in total. The Kier molecular flexibility index (Phi) is 14.0. The number of ether oxygens (including phenoxy) is 2. The summed E-state index contributed by atoms with van der Waals surface area (Å²) in [6.07, 6.45) is 2.76. The molecule has 4 heterocycles.